The van der Waals surface area contributed by atoms with Crippen LogP contribution in [-0.4, -0.2) is 37.2 Å². The molecule has 0 aliphatic rings. The number of esters is 3. The third-order valence-corrected chi connectivity index (χ3v) is 12.2. The summed E-state index contributed by atoms with van der Waals surface area (Å²) in [5.74, 6) is -0.925. The molecule has 0 fully saturated rings. The Morgan fingerprint density at radius 2 is 0.542 bits per heavy atom. The summed E-state index contributed by atoms with van der Waals surface area (Å²) in [6.07, 6.45) is 82.1. The molecule has 0 aromatic carbocycles. The largest absolute Gasteiger partial charge is 0.462 e. The summed E-state index contributed by atoms with van der Waals surface area (Å²) in [6, 6.07) is 0. The highest BCUT2D eigenvalue weighted by Crippen LogP contribution is 2.14. The topological polar surface area (TPSA) is 78.9 Å². The van der Waals surface area contributed by atoms with Crippen LogP contribution in [0.4, 0.5) is 0 Å². The number of allylic oxidation sites excluding steroid dienone is 20. The minimum Gasteiger partial charge on any atom is -0.462 e. The fourth-order valence-electron chi connectivity index (χ4n) is 7.78. The Hall–Kier alpha value is -4.19. The van der Waals surface area contributed by atoms with E-state index >= 15 is 0 Å². The van der Waals surface area contributed by atoms with E-state index in [1.807, 2.05) is 0 Å². The van der Waals surface area contributed by atoms with E-state index in [2.05, 4.69) is 142 Å². The molecule has 0 aliphatic heterocycles. The molecular weight excluding hydrogens is 889 g/mol. The first-order chi connectivity index (χ1) is 35.5. The van der Waals surface area contributed by atoms with E-state index < -0.39 is 6.10 Å². The van der Waals surface area contributed by atoms with Crippen LogP contribution in [0, 0.1) is 0 Å². The SMILES string of the molecule is CC/C=C\C/C=C\C/C=C\C/C=C\C/C=C\C/C=C\C/C=C\C/C=C\CCCCCCCCC(=O)OCC(COC(=O)CCCCCCCCCC)OC(=O)CCCCCCC/C=C\C/C=C\CCCCC. The zero-order valence-corrected chi connectivity index (χ0v) is 46.7. The van der Waals surface area contributed by atoms with E-state index in [9.17, 15) is 14.4 Å². The van der Waals surface area contributed by atoms with E-state index in [0.717, 1.165) is 148 Å². The molecule has 0 saturated heterocycles. The normalized spacial score (nSPS) is 13.0. The van der Waals surface area contributed by atoms with Crippen LogP contribution in [0.3, 0.4) is 0 Å². The highest BCUT2D eigenvalue weighted by Gasteiger charge is 2.19. The zero-order valence-electron chi connectivity index (χ0n) is 46.7. The van der Waals surface area contributed by atoms with Crippen LogP contribution in [0.25, 0.3) is 0 Å². The molecule has 0 aromatic rings. The Balaban J connectivity index is 4.24. The van der Waals surface area contributed by atoms with Gasteiger partial charge in [-0.05, 0) is 116 Å². The average Bonchev–Trinajstić information content (AvgIpc) is 3.38. The van der Waals surface area contributed by atoms with Crippen molar-refractivity contribution in [2.45, 2.75) is 264 Å². The molecule has 6 nitrogen and oxygen atoms in total. The second-order valence-electron chi connectivity index (χ2n) is 19.2. The maximum Gasteiger partial charge on any atom is 0.306 e. The summed E-state index contributed by atoms with van der Waals surface area (Å²) in [7, 11) is 0. The van der Waals surface area contributed by atoms with Gasteiger partial charge in [-0.15, -0.1) is 0 Å². The second-order valence-corrected chi connectivity index (χ2v) is 19.2. The Morgan fingerprint density at radius 3 is 0.875 bits per heavy atom. The Kier molecular flexibility index (Phi) is 55.9. The van der Waals surface area contributed by atoms with Crippen molar-refractivity contribution < 1.29 is 28.6 Å². The van der Waals surface area contributed by atoms with Crippen LogP contribution < -0.4 is 0 Å². The molecule has 0 amide bonds. The van der Waals surface area contributed by atoms with Crippen LogP contribution in [0.2, 0.25) is 0 Å². The number of unbranched alkanes of at least 4 members (excludes halogenated alkanes) is 21. The quantitative estimate of drug-likeness (QED) is 0.0261. The molecule has 1 atom stereocenters. The van der Waals surface area contributed by atoms with Gasteiger partial charge in [0.05, 0.1) is 0 Å². The minimum atomic E-state index is -0.791. The summed E-state index contributed by atoms with van der Waals surface area (Å²) in [6.45, 7) is 6.44. The highest BCUT2D eigenvalue weighted by atomic mass is 16.6. The smallest absolute Gasteiger partial charge is 0.306 e. The molecule has 0 radical (unpaired) electrons. The predicted octanol–water partition coefficient (Wildman–Crippen LogP) is 20.0. The van der Waals surface area contributed by atoms with Gasteiger partial charge in [-0.3, -0.25) is 14.4 Å². The Morgan fingerprint density at radius 1 is 0.292 bits per heavy atom. The van der Waals surface area contributed by atoms with Gasteiger partial charge in [-0.25, -0.2) is 0 Å². The molecule has 0 heterocycles. The van der Waals surface area contributed by atoms with Gasteiger partial charge in [0.15, 0.2) is 6.10 Å². The number of ether oxygens (including phenoxy) is 3. The Labute approximate surface area is 443 Å². The van der Waals surface area contributed by atoms with Crippen molar-refractivity contribution in [3.05, 3.63) is 122 Å². The number of hydrogen-bond donors (Lipinski definition) is 0. The van der Waals surface area contributed by atoms with Crippen LogP contribution in [0.5, 0.6) is 0 Å². The van der Waals surface area contributed by atoms with E-state index in [0.29, 0.717) is 19.3 Å². The van der Waals surface area contributed by atoms with Crippen LogP contribution >= 0.6 is 0 Å². The monoisotopic (exact) mass is 997 g/mol. The van der Waals surface area contributed by atoms with E-state index in [4.69, 9.17) is 14.2 Å². The summed E-state index contributed by atoms with van der Waals surface area (Å²) < 4.78 is 16.8. The number of hydrogen-bond acceptors (Lipinski definition) is 6. The van der Waals surface area contributed by atoms with Crippen molar-refractivity contribution in [3.8, 4) is 0 Å². The van der Waals surface area contributed by atoms with Crippen molar-refractivity contribution in [2.24, 2.45) is 0 Å². The fraction of sp³-hybridized carbons (Fsp3) is 0.652. The number of carbonyl (C=O) groups is 3. The molecule has 72 heavy (non-hydrogen) atoms. The van der Waals surface area contributed by atoms with Gasteiger partial charge in [0, 0.05) is 19.3 Å². The van der Waals surface area contributed by atoms with Crippen molar-refractivity contribution >= 4 is 17.9 Å². The molecule has 0 bridgehead atoms. The van der Waals surface area contributed by atoms with Gasteiger partial charge < -0.3 is 14.2 Å². The molecule has 1 unspecified atom stereocenters. The van der Waals surface area contributed by atoms with Crippen molar-refractivity contribution in [2.75, 3.05) is 13.2 Å². The summed E-state index contributed by atoms with van der Waals surface area (Å²) in [5.41, 5.74) is 0. The van der Waals surface area contributed by atoms with Gasteiger partial charge in [-0.1, -0.05) is 245 Å². The molecule has 0 N–H and O–H groups in total. The summed E-state index contributed by atoms with van der Waals surface area (Å²) >= 11 is 0. The highest BCUT2D eigenvalue weighted by molar-refractivity contribution is 5.71. The predicted molar refractivity (Wildman–Crippen MR) is 311 cm³/mol. The van der Waals surface area contributed by atoms with Crippen molar-refractivity contribution in [1.82, 2.24) is 0 Å². The molecule has 6 heteroatoms. The van der Waals surface area contributed by atoms with Crippen molar-refractivity contribution in [3.63, 3.8) is 0 Å². The zero-order chi connectivity index (χ0) is 52.2. The molecular formula is C66H108O6. The molecule has 408 valence electrons. The lowest BCUT2D eigenvalue weighted by atomic mass is 10.1. The van der Waals surface area contributed by atoms with Crippen LogP contribution in [-0.2, 0) is 28.6 Å². The van der Waals surface area contributed by atoms with Gasteiger partial charge in [-0.2, -0.15) is 0 Å². The fourth-order valence-corrected chi connectivity index (χ4v) is 7.78. The minimum absolute atomic E-state index is 0.0893. The van der Waals surface area contributed by atoms with E-state index in [-0.39, 0.29) is 31.1 Å². The van der Waals surface area contributed by atoms with Crippen LogP contribution in [0.1, 0.15) is 258 Å². The van der Waals surface area contributed by atoms with Crippen molar-refractivity contribution in [1.29, 1.82) is 0 Å². The molecule has 0 rings (SSSR count). The first-order valence-electron chi connectivity index (χ1n) is 29.5. The molecule has 0 aliphatic carbocycles. The average molecular weight is 998 g/mol. The first-order valence-corrected chi connectivity index (χ1v) is 29.5. The maximum atomic E-state index is 12.8. The number of carbonyl (C=O) groups excluding carboxylic acids is 3. The summed E-state index contributed by atoms with van der Waals surface area (Å²) in [5, 5.41) is 0. The first kappa shape index (κ1) is 67.8. The third-order valence-electron chi connectivity index (χ3n) is 12.2. The molecule has 0 saturated carbocycles. The molecule has 0 aromatic heterocycles. The maximum absolute atomic E-state index is 12.8. The Bertz CT molecular complexity index is 1520. The lowest BCUT2D eigenvalue weighted by Gasteiger charge is -2.18. The summed E-state index contributed by atoms with van der Waals surface area (Å²) in [4.78, 5) is 38.0. The van der Waals surface area contributed by atoms with Gasteiger partial charge in [0.2, 0.25) is 0 Å². The van der Waals surface area contributed by atoms with Gasteiger partial charge in [0.1, 0.15) is 13.2 Å². The lowest BCUT2D eigenvalue weighted by Crippen LogP contribution is -2.30. The van der Waals surface area contributed by atoms with E-state index in [1.54, 1.807) is 0 Å². The van der Waals surface area contributed by atoms with Gasteiger partial charge in [0.25, 0.3) is 0 Å². The standard InChI is InChI=1S/C66H108O6/c1-4-7-10-13-16-19-21-23-25-26-27-28-29-30-31-32-33-34-35-36-37-38-39-40-42-43-45-47-50-53-56-59-65(68)71-62-63(61-70-64(67)58-55-52-49-18-15-12-9-6-3)72-66(69)60-57-54-51-48-46-44-41-24-22-20-17-14-11-8-5-2/h7,10,16-17,19-20,23-25,27-28,30-31,33-34,36-37,39-41,63H,4-6,8-9,11-15,18,21-22,26,29,32,35,38,42-62H2,1-3H3/b10-7-,19-16-,20-17-,25-23-,28-27-,31-30-,34-33-,37-36-,40-39-,41-24-. The van der Waals surface area contributed by atoms with E-state index in [1.165, 1.54) is 70.6 Å². The lowest BCUT2D eigenvalue weighted by molar-refractivity contribution is -0.167. The second kappa shape index (κ2) is 59.4. The van der Waals surface area contributed by atoms with Crippen LogP contribution in [0.15, 0.2) is 122 Å². The molecule has 0 spiro atoms. The van der Waals surface area contributed by atoms with Gasteiger partial charge >= 0.3 is 17.9 Å². The number of rotatable bonds is 52. The third kappa shape index (κ3) is 56.7.